The van der Waals surface area contributed by atoms with Crippen molar-refractivity contribution in [2.75, 3.05) is 19.7 Å². The number of nitrogens with one attached hydrogen (secondary N) is 1. The first-order valence-electron chi connectivity index (χ1n) is 7.74. The molecule has 20 heavy (non-hydrogen) atoms. The Labute approximate surface area is 122 Å². The number of benzene rings is 1. The zero-order chi connectivity index (χ0) is 14.4. The molecule has 0 amide bonds. The van der Waals surface area contributed by atoms with Gasteiger partial charge in [-0.15, -0.1) is 0 Å². The summed E-state index contributed by atoms with van der Waals surface area (Å²) in [6.07, 6.45) is 2.93. The predicted octanol–water partition coefficient (Wildman–Crippen LogP) is 3.35. The highest BCUT2D eigenvalue weighted by molar-refractivity contribution is 5.30. The van der Waals surface area contributed by atoms with Gasteiger partial charge in [-0.1, -0.05) is 26.0 Å². The molecule has 0 aromatic heterocycles. The van der Waals surface area contributed by atoms with Crippen LogP contribution in [0.15, 0.2) is 24.3 Å². The second kappa shape index (κ2) is 7.65. The van der Waals surface area contributed by atoms with E-state index in [2.05, 4.69) is 44.3 Å². The lowest BCUT2D eigenvalue weighted by Gasteiger charge is -2.18. The second-order valence-corrected chi connectivity index (χ2v) is 5.95. The van der Waals surface area contributed by atoms with E-state index >= 15 is 0 Å². The second-order valence-electron chi connectivity index (χ2n) is 5.95. The Hall–Kier alpha value is -1.06. The summed E-state index contributed by atoms with van der Waals surface area (Å²) in [5.74, 6) is 1.49. The van der Waals surface area contributed by atoms with Gasteiger partial charge < -0.3 is 14.8 Å². The van der Waals surface area contributed by atoms with Crippen LogP contribution in [-0.4, -0.2) is 31.9 Å². The van der Waals surface area contributed by atoms with Gasteiger partial charge in [-0.05, 0) is 43.4 Å². The largest absolute Gasteiger partial charge is 0.489 e. The molecule has 1 N–H and O–H groups in total. The first-order valence-corrected chi connectivity index (χ1v) is 7.74. The maximum atomic E-state index is 5.97. The Kier molecular flexibility index (Phi) is 5.86. The molecule has 1 aliphatic rings. The van der Waals surface area contributed by atoms with Crippen LogP contribution in [0, 0.1) is 0 Å². The van der Waals surface area contributed by atoms with Crippen LogP contribution < -0.4 is 10.1 Å². The van der Waals surface area contributed by atoms with Crippen molar-refractivity contribution in [3.63, 3.8) is 0 Å². The van der Waals surface area contributed by atoms with E-state index in [4.69, 9.17) is 9.47 Å². The van der Waals surface area contributed by atoms with E-state index in [1.54, 1.807) is 0 Å². The molecule has 2 unspecified atom stereocenters. The van der Waals surface area contributed by atoms with Crippen molar-refractivity contribution in [2.24, 2.45) is 0 Å². The monoisotopic (exact) mass is 277 g/mol. The van der Waals surface area contributed by atoms with Crippen molar-refractivity contribution < 1.29 is 9.47 Å². The van der Waals surface area contributed by atoms with E-state index < -0.39 is 0 Å². The standard InChI is InChI=1S/C17H27NO2/c1-13(2)15-6-4-7-16(10-15)20-14(3)11-18-12-17-8-5-9-19-17/h4,6-7,10,13-14,17-18H,5,8-9,11-12H2,1-3H3. The van der Waals surface area contributed by atoms with Gasteiger partial charge in [-0.25, -0.2) is 0 Å². The van der Waals surface area contributed by atoms with Gasteiger partial charge >= 0.3 is 0 Å². The highest BCUT2D eigenvalue weighted by atomic mass is 16.5. The van der Waals surface area contributed by atoms with E-state index in [1.165, 1.54) is 18.4 Å². The van der Waals surface area contributed by atoms with Crippen LogP contribution >= 0.6 is 0 Å². The highest BCUT2D eigenvalue weighted by Gasteiger charge is 2.15. The minimum Gasteiger partial charge on any atom is -0.489 e. The minimum absolute atomic E-state index is 0.166. The molecule has 1 aliphatic heterocycles. The van der Waals surface area contributed by atoms with E-state index in [0.717, 1.165) is 25.4 Å². The molecule has 1 aromatic carbocycles. The summed E-state index contributed by atoms with van der Waals surface area (Å²) in [4.78, 5) is 0. The van der Waals surface area contributed by atoms with E-state index in [1.807, 2.05) is 6.07 Å². The van der Waals surface area contributed by atoms with Crippen LogP contribution in [0.25, 0.3) is 0 Å². The first kappa shape index (κ1) is 15.3. The maximum absolute atomic E-state index is 5.97. The van der Waals surface area contributed by atoms with Gasteiger partial charge in [0.2, 0.25) is 0 Å². The molecule has 1 saturated heterocycles. The summed E-state index contributed by atoms with van der Waals surface area (Å²) in [5, 5.41) is 3.43. The van der Waals surface area contributed by atoms with Gasteiger partial charge in [0.25, 0.3) is 0 Å². The molecule has 1 fully saturated rings. The van der Waals surface area contributed by atoms with Crippen molar-refractivity contribution in [2.45, 2.75) is 51.7 Å². The Morgan fingerprint density at radius 3 is 2.90 bits per heavy atom. The summed E-state index contributed by atoms with van der Waals surface area (Å²) < 4.78 is 11.6. The zero-order valence-corrected chi connectivity index (χ0v) is 12.9. The van der Waals surface area contributed by atoms with E-state index in [-0.39, 0.29) is 6.10 Å². The molecule has 0 aliphatic carbocycles. The summed E-state index contributed by atoms with van der Waals surface area (Å²) in [6.45, 7) is 9.20. The van der Waals surface area contributed by atoms with Crippen molar-refractivity contribution in [1.29, 1.82) is 0 Å². The summed E-state index contributed by atoms with van der Waals surface area (Å²) in [6, 6.07) is 8.39. The van der Waals surface area contributed by atoms with Gasteiger partial charge in [-0.2, -0.15) is 0 Å². The lowest BCUT2D eigenvalue weighted by Crippen LogP contribution is -2.34. The SMILES string of the molecule is CC(CNCC1CCCO1)Oc1cccc(C(C)C)c1. The highest BCUT2D eigenvalue weighted by Crippen LogP contribution is 2.20. The average molecular weight is 277 g/mol. The summed E-state index contributed by atoms with van der Waals surface area (Å²) in [5.41, 5.74) is 1.32. The predicted molar refractivity (Wildman–Crippen MR) is 82.5 cm³/mol. The van der Waals surface area contributed by atoms with Crippen LogP contribution in [0.4, 0.5) is 0 Å². The fourth-order valence-electron chi connectivity index (χ4n) is 2.47. The number of hydrogen-bond acceptors (Lipinski definition) is 3. The van der Waals surface area contributed by atoms with Gasteiger partial charge in [-0.3, -0.25) is 0 Å². The Morgan fingerprint density at radius 1 is 1.35 bits per heavy atom. The third-order valence-electron chi connectivity index (χ3n) is 3.69. The Bertz CT molecular complexity index is 400. The van der Waals surface area contributed by atoms with Crippen molar-refractivity contribution in [3.8, 4) is 5.75 Å². The van der Waals surface area contributed by atoms with Crippen molar-refractivity contribution in [3.05, 3.63) is 29.8 Å². The molecular weight excluding hydrogens is 250 g/mol. The van der Waals surface area contributed by atoms with Gasteiger partial charge in [0.15, 0.2) is 0 Å². The lowest BCUT2D eigenvalue weighted by molar-refractivity contribution is 0.106. The summed E-state index contributed by atoms with van der Waals surface area (Å²) >= 11 is 0. The molecule has 1 aromatic rings. The lowest BCUT2D eigenvalue weighted by atomic mass is 10.0. The normalized spacial score (nSPS) is 20.3. The first-order chi connectivity index (χ1) is 9.65. The molecular formula is C17H27NO2. The fraction of sp³-hybridized carbons (Fsp3) is 0.647. The zero-order valence-electron chi connectivity index (χ0n) is 12.9. The molecule has 1 heterocycles. The number of hydrogen-bond donors (Lipinski definition) is 1. The molecule has 2 rings (SSSR count). The topological polar surface area (TPSA) is 30.5 Å². The maximum Gasteiger partial charge on any atom is 0.120 e. The Morgan fingerprint density at radius 2 is 2.20 bits per heavy atom. The smallest absolute Gasteiger partial charge is 0.120 e. The van der Waals surface area contributed by atoms with Crippen LogP contribution in [0.1, 0.15) is 45.1 Å². The van der Waals surface area contributed by atoms with Crippen LogP contribution in [-0.2, 0) is 4.74 Å². The average Bonchev–Trinajstić information content (AvgIpc) is 2.92. The molecule has 3 nitrogen and oxygen atoms in total. The summed E-state index contributed by atoms with van der Waals surface area (Å²) in [7, 11) is 0. The molecule has 0 saturated carbocycles. The Balaban J connectivity index is 1.73. The van der Waals surface area contributed by atoms with Gasteiger partial charge in [0.05, 0.1) is 6.10 Å². The number of ether oxygens (including phenoxy) is 2. The third kappa shape index (κ3) is 4.80. The molecule has 112 valence electrons. The minimum atomic E-state index is 0.166. The van der Waals surface area contributed by atoms with Gasteiger partial charge in [0.1, 0.15) is 11.9 Å². The molecule has 0 spiro atoms. The quantitative estimate of drug-likeness (QED) is 0.829. The molecule has 3 heteroatoms. The third-order valence-corrected chi connectivity index (χ3v) is 3.69. The van der Waals surface area contributed by atoms with Crippen molar-refractivity contribution >= 4 is 0 Å². The number of rotatable bonds is 7. The van der Waals surface area contributed by atoms with Crippen LogP contribution in [0.5, 0.6) is 5.75 Å². The van der Waals surface area contributed by atoms with Crippen LogP contribution in [0.3, 0.4) is 0 Å². The fourth-order valence-corrected chi connectivity index (χ4v) is 2.47. The molecule has 0 bridgehead atoms. The van der Waals surface area contributed by atoms with Crippen molar-refractivity contribution in [1.82, 2.24) is 5.32 Å². The molecule has 0 radical (unpaired) electrons. The van der Waals surface area contributed by atoms with E-state index in [9.17, 15) is 0 Å². The van der Waals surface area contributed by atoms with Gasteiger partial charge in [0, 0.05) is 19.7 Å². The van der Waals surface area contributed by atoms with E-state index in [0.29, 0.717) is 12.0 Å². The molecule has 2 atom stereocenters. The van der Waals surface area contributed by atoms with Crippen LogP contribution in [0.2, 0.25) is 0 Å².